The van der Waals surface area contributed by atoms with E-state index in [-0.39, 0.29) is 11.7 Å². The van der Waals surface area contributed by atoms with Crippen LogP contribution in [0.25, 0.3) is 0 Å². The number of nitriles is 1. The highest BCUT2D eigenvalue weighted by molar-refractivity contribution is 6.01. The number of Topliss-reactive ketones (excluding diaryl/α,β-unsaturated/α-hetero) is 1. The molecule has 0 aliphatic rings. The van der Waals surface area contributed by atoms with E-state index in [2.05, 4.69) is 6.07 Å². The van der Waals surface area contributed by atoms with Gasteiger partial charge in [-0.2, -0.15) is 5.26 Å². The number of aryl methyl sites for hydroxylation is 1. The number of hydrogen-bond acceptors (Lipinski definition) is 4. The standard InChI is InChI=1S/C15H19NO3/c1-9(2)12(8-16)15(17)11-7-14(19-5)13(18-4)6-10(11)3/h6-7,9,12H,1-5H3. The lowest BCUT2D eigenvalue weighted by atomic mass is 9.87. The molecule has 0 radical (unpaired) electrons. The Bertz CT molecular complexity index is 515. The van der Waals surface area contributed by atoms with Crippen LogP contribution in [0.4, 0.5) is 0 Å². The molecule has 0 aliphatic heterocycles. The second kappa shape index (κ2) is 6.24. The van der Waals surface area contributed by atoms with Gasteiger partial charge in [0.05, 0.1) is 20.3 Å². The highest BCUT2D eigenvalue weighted by atomic mass is 16.5. The molecular weight excluding hydrogens is 242 g/mol. The molecule has 1 aromatic carbocycles. The smallest absolute Gasteiger partial charge is 0.180 e. The van der Waals surface area contributed by atoms with E-state index in [9.17, 15) is 4.79 Å². The van der Waals surface area contributed by atoms with Crippen molar-refractivity contribution in [3.63, 3.8) is 0 Å². The zero-order chi connectivity index (χ0) is 14.6. The summed E-state index contributed by atoms with van der Waals surface area (Å²) >= 11 is 0. The maximum atomic E-state index is 12.4. The maximum Gasteiger partial charge on any atom is 0.180 e. The molecule has 1 unspecified atom stereocenters. The van der Waals surface area contributed by atoms with Crippen molar-refractivity contribution in [2.24, 2.45) is 11.8 Å². The summed E-state index contributed by atoms with van der Waals surface area (Å²) in [6.07, 6.45) is 0. The van der Waals surface area contributed by atoms with E-state index < -0.39 is 5.92 Å². The van der Waals surface area contributed by atoms with Crippen molar-refractivity contribution in [2.45, 2.75) is 20.8 Å². The van der Waals surface area contributed by atoms with E-state index in [4.69, 9.17) is 14.7 Å². The van der Waals surface area contributed by atoms with Crippen molar-refractivity contribution in [2.75, 3.05) is 14.2 Å². The third-order valence-corrected chi connectivity index (χ3v) is 3.08. The Balaban J connectivity index is 3.28. The molecule has 0 saturated carbocycles. The third kappa shape index (κ3) is 3.05. The molecular formula is C15H19NO3. The number of ether oxygens (including phenoxy) is 2. The van der Waals surface area contributed by atoms with Gasteiger partial charge in [0.1, 0.15) is 5.92 Å². The molecule has 1 aromatic rings. The summed E-state index contributed by atoms with van der Waals surface area (Å²) in [5.74, 6) is 0.240. The van der Waals surface area contributed by atoms with Crippen molar-refractivity contribution in [1.82, 2.24) is 0 Å². The molecule has 0 aliphatic carbocycles. The maximum absolute atomic E-state index is 12.4. The number of nitrogens with zero attached hydrogens (tertiary/aromatic N) is 1. The fraction of sp³-hybridized carbons (Fsp3) is 0.467. The quantitative estimate of drug-likeness (QED) is 0.764. The van der Waals surface area contributed by atoms with Crippen molar-refractivity contribution in [1.29, 1.82) is 5.26 Å². The SMILES string of the molecule is COc1cc(C)c(C(=O)C(C#N)C(C)C)cc1OC. The Morgan fingerprint density at radius 3 is 2.16 bits per heavy atom. The number of carbonyl (C=O) groups excluding carboxylic acids is 1. The van der Waals surface area contributed by atoms with Gasteiger partial charge < -0.3 is 9.47 Å². The van der Waals surface area contributed by atoms with E-state index in [0.29, 0.717) is 17.1 Å². The average Bonchev–Trinajstić information content (AvgIpc) is 2.38. The lowest BCUT2D eigenvalue weighted by molar-refractivity contribution is 0.0923. The van der Waals surface area contributed by atoms with Crippen molar-refractivity contribution >= 4 is 5.78 Å². The molecule has 1 atom stereocenters. The van der Waals surface area contributed by atoms with Gasteiger partial charge in [-0.15, -0.1) is 0 Å². The second-order valence-corrected chi connectivity index (χ2v) is 4.74. The third-order valence-electron chi connectivity index (χ3n) is 3.08. The zero-order valence-electron chi connectivity index (χ0n) is 12.0. The molecule has 0 saturated heterocycles. The number of rotatable bonds is 5. The van der Waals surface area contributed by atoms with Crippen LogP contribution in [0.5, 0.6) is 11.5 Å². The largest absolute Gasteiger partial charge is 0.493 e. The van der Waals surface area contributed by atoms with Gasteiger partial charge in [0.15, 0.2) is 17.3 Å². The van der Waals surface area contributed by atoms with Crippen LogP contribution in [-0.2, 0) is 0 Å². The van der Waals surface area contributed by atoms with Crippen LogP contribution in [0.3, 0.4) is 0 Å². The van der Waals surface area contributed by atoms with Crippen LogP contribution in [0.1, 0.15) is 29.8 Å². The van der Waals surface area contributed by atoms with Gasteiger partial charge >= 0.3 is 0 Å². The molecule has 102 valence electrons. The van der Waals surface area contributed by atoms with E-state index >= 15 is 0 Å². The first-order valence-electron chi connectivity index (χ1n) is 6.12. The summed E-state index contributed by atoms with van der Waals surface area (Å²) in [6.45, 7) is 5.55. The monoisotopic (exact) mass is 261 g/mol. The van der Waals surface area contributed by atoms with Gasteiger partial charge in [-0.3, -0.25) is 4.79 Å². The van der Waals surface area contributed by atoms with Gasteiger partial charge in [-0.1, -0.05) is 13.8 Å². The first-order chi connectivity index (χ1) is 8.96. The highest BCUT2D eigenvalue weighted by Crippen LogP contribution is 2.32. The van der Waals surface area contributed by atoms with Gasteiger partial charge in [0.2, 0.25) is 0 Å². The first-order valence-corrected chi connectivity index (χ1v) is 6.12. The Labute approximate surface area is 113 Å². The fourth-order valence-corrected chi connectivity index (χ4v) is 1.92. The van der Waals surface area contributed by atoms with Crippen LogP contribution in [0, 0.1) is 30.1 Å². The van der Waals surface area contributed by atoms with Crippen LogP contribution < -0.4 is 9.47 Å². The zero-order valence-corrected chi connectivity index (χ0v) is 12.0. The lowest BCUT2D eigenvalue weighted by Crippen LogP contribution is -2.19. The van der Waals surface area contributed by atoms with Crippen molar-refractivity contribution in [3.05, 3.63) is 23.3 Å². The second-order valence-electron chi connectivity index (χ2n) is 4.74. The molecule has 19 heavy (non-hydrogen) atoms. The molecule has 0 amide bonds. The average molecular weight is 261 g/mol. The molecule has 0 bridgehead atoms. The summed E-state index contributed by atoms with van der Waals surface area (Å²) in [7, 11) is 3.07. The summed E-state index contributed by atoms with van der Waals surface area (Å²) < 4.78 is 10.4. The first kappa shape index (κ1) is 15.0. The number of benzene rings is 1. The molecule has 1 rings (SSSR count). The van der Waals surface area contributed by atoms with Crippen LogP contribution in [0.15, 0.2) is 12.1 Å². The van der Waals surface area contributed by atoms with Crippen LogP contribution in [0.2, 0.25) is 0 Å². The normalized spacial score (nSPS) is 11.8. The molecule has 4 nitrogen and oxygen atoms in total. The molecule has 0 aromatic heterocycles. The molecule has 0 N–H and O–H groups in total. The summed E-state index contributed by atoms with van der Waals surface area (Å²) in [4.78, 5) is 12.4. The predicted molar refractivity (Wildman–Crippen MR) is 72.6 cm³/mol. The molecule has 0 spiro atoms. The van der Waals surface area contributed by atoms with Crippen molar-refractivity contribution < 1.29 is 14.3 Å². The minimum Gasteiger partial charge on any atom is -0.493 e. The van der Waals surface area contributed by atoms with E-state index in [1.165, 1.54) is 7.11 Å². The Morgan fingerprint density at radius 2 is 1.74 bits per heavy atom. The number of carbonyl (C=O) groups is 1. The predicted octanol–water partition coefficient (Wildman–Crippen LogP) is 2.99. The number of hydrogen-bond donors (Lipinski definition) is 0. The molecule has 0 fully saturated rings. The van der Waals surface area contributed by atoms with Gasteiger partial charge in [0, 0.05) is 5.56 Å². The number of ketones is 1. The van der Waals surface area contributed by atoms with Crippen LogP contribution >= 0.6 is 0 Å². The minimum absolute atomic E-state index is 0.0232. The molecule has 4 heteroatoms. The minimum atomic E-state index is -0.642. The Kier molecular flexibility index (Phi) is 4.94. The van der Waals surface area contributed by atoms with Gasteiger partial charge in [-0.05, 0) is 30.5 Å². The van der Waals surface area contributed by atoms with E-state index in [1.807, 2.05) is 20.8 Å². The van der Waals surface area contributed by atoms with E-state index in [0.717, 1.165) is 5.56 Å². The van der Waals surface area contributed by atoms with Gasteiger partial charge in [0.25, 0.3) is 0 Å². The highest BCUT2D eigenvalue weighted by Gasteiger charge is 2.25. The summed E-state index contributed by atoms with van der Waals surface area (Å²) in [5.41, 5.74) is 1.29. The number of methoxy groups -OCH3 is 2. The van der Waals surface area contributed by atoms with Gasteiger partial charge in [-0.25, -0.2) is 0 Å². The topological polar surface area (TPSA) is 59.3 Å². The van der Waals surface area contributed by atoms with E-state index in [1.54, 1.807) is 19.2 Å². The summed E-state index contributed by atoms with van der Waals surface area (Å²) in [5, 5.41) is 9.12. The lowest BCUT2D eigenvalue weighted by Gasteiger charge is -2.16. The van der Waals surface area contributed by atoms with Crippen LogP contribution in [-0.4, -0.2) is 20.0 Å². The Hall–Kier alpha value is -2.02. The summed E-state index contributed by atoms with van der Waals surface area (Å²) in [6, 6.07) is 5.46. The van der Waals surface area contributed by atoms with Crippen molar-refractivity contribution in [3.8, 4) is 17.6 Å². The Morgan fingerprint density at radius 1 is 1.21 bits per heavy atom. The fourth-order valence-electron chi connectivity index (χ4n) is 1.92. The molecule has 0 heterocycles.